The summed E-state index contributed by atoms with van der Waals surface area (Å²) in [6, 6.07) is 0. The summed E-state index contributed by atoms with van der Waals surface area (Å²) < 4.78 is 0. The fourth-order valence-corrected chi connectivity index (χ4v) is 8.95. The summed E-state index contributed by atoms with van der Waals surface area (Å²) in [5, 5.41) is 44.4. The number of aliphatic hydroxyl groups excluding tert-OH is 3. The first-order chi connectivity index (χ1) is 15.5. The minimum absolute atomic E-state index is 0.0668. The van der Waals surface area contributed by atoms with E-state index in [2.05, 4.69) is 26.1 Å². The average Bonchev–Trinajstić information content (AvgIpc) is 3.11. The summed E-state index contributed by atoms with van der Waals surface area (Å²) in [6.07, 6.45) is 5.86. The third-order valence-corrected chi connectivity index (χ3v) is 10.8. The van der Waals surface area contributed by atoms with Crippen molar-refractivity contribution in [3.05, 3.63) is 0 Å². The second-order valence-electron chi connectivity index (χ2n) is 12.2. The average molecular weight is 466 g/mol. The Morgan fingerprint density at radius 1 is 1.03 bits per heavy atom. The van der Waals surface area contributed by atoms with Crippen molar-refractivity contribution in [3.8, 4) is 0 Å². The maximum atomic E-state index is 12.0. The van der Waals surface area contributed by atoms with Gasteiger partial charge in [0.05, 0.1) is 18.3 Å². The topological polar surface area (TPSA) is 127 Å². The molecule has 5 N–H and O–H groups in total. The molecule has 4 aliphatic rings. The van der Waals surface area contributed by atoms with Gasteiger partial charge in [-0.3, -0.25) is 9.59 Å². The molecule has 0 radical (unpaired) electrons. The van der Waals surface area contributed by atoms with E-state index in [4.69, 9.17) is 5.11 Å². The molecule has 0 aromatic carbocycles. The number of aliphatic carboxylic acids is 1. The lowest BCUT2D eigenvalue weighted by atomic mass is 9.43. The molecule has 188 valence electrons. The quantitative estimate of drug-likeness (QED) is 0.410. The van der Waals surface area contributed by atoms with E-state index < -0.39 is 12.1 Å². The highest BCUT2D eigenvalue weighted by molar-refractivity contribution is 5.81. The molecule has 33 heavy (non-hydrogen) atoms. The summed E-state index contributed by atoms with van der Waals surface area (Å²) in [5.74, 6) is 0.265. The standard InChI is InChI=1S/C26H43NO6/c1-14(4-7-22(31)27-13-23(32)33)17-5-6-18-24-19(12-21(30)26(17,18)3)25(2)9-8-16(28)10-15(25)11-20(24)29/h14-21,24,28-30H,4-13H2,1-3H3,(H,27,31)(H,32,33)/t14-,15?,16-,17-,18?,19?,20+,21+,24?,25+,26-/m1/s1. The van der Waals surface area contributed by atoms with Gasteiger partial charge in [-0.15, -0.1) is 0 Å². The third kappa shape index (κ3) is 4.23. The number of hydrogen-bond acceptors (Lipinski definition) is 5. The Hall–Kier alpha value is -1.18. The van der Waals surface area contributed by atoms with Crippen LogP contribution in [0.5, 0.6) is 0 Å². The van der Waals surface area contributed by atoms with Crippen LogP contribution in [0.3, 0.4) is 0 Å². The number of fused-ring (bicyclic) bond motifs is 5. The molecule has 0 spiro atoms. The van der Waals surface area contributed by atoms with E-state index in [1.54, 1.807) is 0 Å². The van der Waals surface area contributed by atoms with Crippen LogP contribution in [0.4, 0.5) is 0 Å². The Labute approximate surface area is 197 Å². The van der Waals surface area contributed by atoms with Gasteiger partial charge in [0.15, 0.2) is 0 Å². The van der Waals surface area contributed by atoms with E-state index in [0.29, 0.717) is 25.2 Å². The first-order valence-electron chi connectivity index (χ1n) is 13.0. The second kappa shape index (κ2) is 9.12. The molecular weight excluding hydrogens is 422 g/mol. The van der Waals surface area contributed by atoms with Crippen molar-refractivity contribution >= 4 is 11.9 Å². The SMILES string of the molecule is C[C@H](CCC(=O)NCC(=O)O)[C@H]1CCC2C3C(C[C@H](O)[C@@]21C)[C@@]1(C)CC[C@@H](O)CC1C[C@@H]3O. The molecule has 0 heterocycles. The van der Waals surface area contributed by atoms with Crippen molar-refractivity contribution in [2.75, 3.05) is 6.54 Å². The lowest BCUT2D eigenvalue weighted by Crippen LogP contribution is -2.62. The number of rotatable bonds is 6. The molecule has 4 saturated carbocycles. The van der Waals surface area contributed by atoms with Crippen LogP contribution in [0.1, 0.15) is 78.6 Å². The molecule has 1 amide bonds. The Balaban J connectivity index is 1.49. The molecule has 0 bridgehead atoms. The van der Waals surface area contributed by atoms with Crippen molar-refractivity contribution in [2.24, 2.45) is 46.3 Å². The zero-order valence-electron chi connectivity index (χ0n) is 20.4. The number of carbonyl (C=O) groups excluding carboxylic acids is 1. The molecule has 4 fully saturated rings. The van der Waals surface area contributed by atoms with E-state index in [1.807, 2.05) is 0 Å². The molecule has 7 nitrogen and oxygen atoms in total. The fraction of sp³-hybridized carbons (Fsp3) is 0.923. The summed E-state index contributed by atoms with van der Waals surface area (Å²) in [4.78, 5) is 22.7. The van der Waals surface area contributed by atoms with Gasteiger partial charge >= 0.3 is 5.97 Å². The molecular formula is C26H43NO6. The highest BCUT2D eigenvalue weighted by atomic mass is 16.4. The minimum atomic E-state index is -1.04. The summed E-state index contributed by atoms with van der Waals surface area (Å²) in [6.45, 7) is 6.35. The van der Waals surface area contributed by atoms with Gasteiger partial charge in [-0.1, -0.05) is 20.8 Å². The number of carbonyl (C=O) groups is 2. The summed E-state index contributed by atoms with van der Waals surface area (Å²) >= 11 is 0. The van der Waals surface area contributed by atoms with Crippen LogP contribution in [0.2, 0.25) is 0 Å². The third-order valence-electron chi connectivity index (χ3n) is 10.8. The van der Waals surface area contributed by atoms with Crippen molar-refractivity contribution in [1.82, 2.24) is 5.32 Å². The van der Waals surface area contributed by atoms with Crippen molar-refractivity contribution in [3.63, 3.8) is 0 Å². The Morgan fingerprint density at radius 3 is 2.45 bits per heavy atom. The van der Waals surface area contributed by atoms with Gasteiger partial charge in [0.1, 0.15) is 6.54 Å². The van der Waals surface area contributed by atoms with E-state index >= 15 is 0 Å². The van der Waals surface area contributed by atoms with E-state index in [0.717, 1.165) is 38.5 Å². The first-order valence-corrected chi connectivity index (χ1v) is 13.0. The zero-order valence-corrected chi connectivity index (χ0v) is 20.4. The van der Waals surface area contributed by atoms with Crippen LogP contribution in [0, 0.1) is 46.3 Å². The molecule has 4 rings (SSSR count). The van der Waals surface area contributed by atoms with Crippen molar-refractivity contribution < 1.29 is 30.0 Å². The van der Waals surface area contributed by atoms with Gasteiger partial charge in [-0.05, 0) is 97.7 Å². The van der Waals surface area contributed by atoms with E-state index in [1.165, 1.54) is 0 Å². The molecule has 4 unspecified atom stereocenters. The Morgan fingerprint density at radius 2 is 1.76 bits per heavy atom. The fourth-order valence-electron chi connectivity index (χ4n) is 8.95. The molecule has 0 aliphatic heterocycles. The summed E-state index contributed by atoms with van der Waals surface area (Å²) in [7, 11) is 0. The van der Waals surface area contributed by atoms with Crippen LogP contribution in [0.15, 0.2) is 0 Å². The van der Waals surface area contributed by atoms with Gasteiger partial charge in [-0.2, -0.15) is 0 Å². The predicted octanol–water partition coefficient (Wildman–Crippen LogP) is 2.56. The van der Waals surface area contributed by atoms with Crippen LogP contribution >= 0.6 is 0 Å². The monoisotopic (exact) mass is 465 g/mol. The highest BCUT2D eigenvalue weighted by Gasteiger charge is 2.65. The molecule has 4 aliphatic carbocycles. The van der Waals surface area contributed by atoms with Gasteiger partial charge in [0, 0.05) is 6.42 Å². The van der Waals surface area contributed by atoms with Gasteiger partial charge < -0.3 is 25.7 Å². The predicted molar refractivity (Wildman–Crippen MR) is 123 cm³/mol. The normalized spacial score (nSPS) is 47.7. The van der Waals surface area contributed by atoms with Crippen LogP contribution in [0.25, 0.3) is 0 Å². The number of carboxylic acids is 1. The second-order valence-corrected chi connectivity index (χ2v) is 12.2. The molecule has 0 aromatic rings. The number of aliphatic hydroxyl groups is 3. The highest BCUT2D eigenvalue weighted by Crippen LogP contribution is 2.68. The maximum Gasteiger partial charge on any atom is 0.322 e. The lowest BCUT2D eigenvalue weighted by Gasteiger charge is -2.63. The molecule has 0 aromatic heterocycles. The molecule has 7 heteroatoms. The van der Waals surface area contributed by atoms with Crippen molar-refractivity contribution in [1.29, 1.82) is 0 Å². The smallest absolute Gasteiger partial charge is 0.322 e. The largest absolute Gasteiger partial charge is 0.480 e. The zero-order chi connectivity index (χ0) is 24.1. The van der Waals surface area contributed by atoms with Gasteiger partial charge in [0.25, 0.3) is 0 Å². The van der Waals surface area contributed by atoms with Gasteiger partial charge in [-0.25, -0.2) is 0 Å². The summed E-state index contributed by atoms with van der Waals surface area (Å²) in [5.41, 5.74) is -0.214. The van der Waals surface area contributed by atoms with Crippen LogP contribution in [-0.2, 0) is 9.59 Å². The van der Waals surface area contributed by atoms with Gasteiger partial charge in [0.2, 0.25) is 5.91 Å². The van der Waals surface area contributed by atoms with Crippen LogP contribution in [-0.4, -0.2) is 57.2 Å². The number of carboxylic acid groups (broad SMARTS) is 1. The van der Waals surface area contributed by atoms with E-state index in [9.17, 15) is 24.9 Å². The number of hydrogen-bond donors (Lipinski definition) is 5. The van der Waals surface area contributed by atoms with Crippen molar-refractivity contribution in [2.45, 2.75) is 96.9 Å². The minimum Gasteiger partial charge on any atom is -0.480 e. The van der Waals surface area contributed by atoms with Crippen LogP contribution < -0.4 is 5.32 Å². The Bertz CT molecular complexity index is 759. The lowest BCUT2D eigenvalue weighted by molar-refractivity contribution is -0.207. The molecule has 11 atom stereocenters. The van der Waals surface area contributed by atoms with E-state index in [-0.39, 0.29) is 65.1 Å². The molecule has 0 saturated heterocycles. The number of nitrogens with one attached hydrogen (secondary N) is 1. The maximum absolute atomic E-state index is 12.0. The first kappa shape index (κ1) is 24.9. The Kier molecular flexibility index (Phi) is 6.89. The number of amides is 1.